The van der Waals surface area contributed by atoms with Crippen molar-refractivity contribution in [3.8, 4) is 0 Å². The average Bonchev–Trinajstić information content (AvgIpc) is 3.19. The van der Waals surface area contributed by atoms with Crippen LogP contribution in [0.1, 0.15) is 29.9 Å². The Morgan fingerprint density at radius 1 is 1.36 bits per heavy atom. The highest BCUT2D eigenvalue weighted by Gasteiger charge is 2.24. The first-order valence-corrected chi connectivity index (χ1v) is 7.23. The lowest BCUT2D eigenvalue weighted by Crippen LogP contribution is -2.19. The summed E-state index contributed by atoms with van der Waals surface area (Å²) in [6, 6.07) is 6.86. The van der Waals surface area contributed by atoms with E-state index in [9.17, 15) is 9.59 Å². The van der Waals surface area contributed by atoms with Crippen molar-refractivity contribution in [1.82, 2.24) is 9.78 Å². The highest BCUT2D eigenvalue weighted by molar-refractivity contribution is 5.90. The van der Waals surface area contributed by atoms with Crippen molar-refractivity contribution in [1.29, 1.82) is 0 Å². The summed E-state index contributed by atoms with van der Waals surface area (Å²) >= 11 is 0. The molecule has 0 radical (unpaired) electrons. The van der Waals surface area contributed by atoms with E-state index in [2.05, 4.69) is 10.4 Å². The van der Waals surface area contributed by atoms with Crippen molar-refractivity contribution in [2.24, 2.45) is 0 Å². The van der Waals surface area contributed by atoms with Crippen LogP contribution in [-0.4, -0.2) is 26.8 Å². The second kappa shape index (κ2) is 6.01. The predicted octanol–water partition coefficient (Wildman–Crippen LogP) is 2.03. The number of hydrogen-bond donors (Lipinski definition) is 2. The number of anilines is 1. The molecule has 6 nitrogen and oxygen atoms in total. The highest BCUT2D eigenvalue weighted by atomic mass is 16.4. The lowest BCUT2D eigenvalue weighted by molar-refractivity contribution is -0.136. The number of carbonyl (C=O) groups excluding carboxylic acids is 1. The van der Waals surface area contributed by atoms with Crippen molar-refractivity contribution in [3.63, 3.8) is 0 Å². The molecule has 2 N–H and O–H groups in total. The molecule has 0 aliphatic heterocycles. The molecule has 2 aromatic rings. The Kier molecular flexibility index (Phi) is 3.91. The van der Waals surface area contributed by atoms with Crippen molar-refractivity contribution in [3.05, 3.63) is 47.8 Å². The van der Waals surface area contributed by atoms with Crippen LogP contribution < -0.4 is 5.32 Å². The van der Waals surface area contributed by atoms with Gasteiger partial charge in [0.05, 0.1) is 12.6 Å². The summed E-state index contributed by atoms with van der Waals surface area (Å²) in [5.41, 5.74) is 2.44. The Morgan fingerprint density at radius 3 is 2.91 bits per heavy atom. The molecule has 1 aromatic heterocycles. The second-order valence-electron chi connectivity index (χ2n) is 5.56. The number of aliphatic carboxylic acids is 1. The van der Waals surface area contributed by atoms with Crippen LogP contribution in [0.2, 0.25) is 0 Å². The number of hydrogen-bond acceptors (Lipinski definition) is 3. The van der Waals surface area contributed by atoms with Crippen molar-refractivity contribution in [2.45, 2.75) is 31.7 Å². The molecule has 1 fully saturated rings. The highest BCUT2D eigenvalue weighted by Crippen LogP contribution is 2.39. The Hall–Kier alpha value is -2.63. The summed E-state index contributed by atoms with van der Waals surface area (Å²) in [6.07, 6.45) is 6.08. The van der Waals surface area contributed by atoms with Gasteiger partial charge in [-0.25, -0.2) is 0 Å². The van der Waals surface area contributed by atoms with Gasteiger partial charge >= 0.3 is 5.97 Å². The Bertz CT molecular complexity index is 704. The second-order valence-corrected chi connectivity index (χ2v) is 5.56. The Labute approximate surface area is 127 Å². The third kappa shape index (κ3) is 3.72. The molecule has 6 heteroatoms. The lowest BCUT2D eigenvalue weighted by Gasteiger charge is -2.07. The van der Waals surface area contributed by atoms with Gasteiger partial charge in [0.15, 0.2) is 0 Å². The largest absolute Gasteiger partial charge is 0.481 e. The molecule has 0 unspecified atom stereocenters. The molecule has 1 saturated carbocycles. The number of carboxylic acids is 1. The molecule has 114 valence electrons. The third-order valence-corrected chi connectivity index (χ3v) is 3.57. The molecule has 3 rings (SSSR count). The molecule has 0 spiro atoms. The minimum absolute atomic E-state index is 0.0619. The fourth-order valence-corrected chi connectivity index (χ4v) is 2.37. The third-order valence-electron chi connectivity index (χ3n) is 3.57. The van der Waals surface area contributed by atoms with E-state index in [1.807, 2.05) is 12.4 Å². The summed E-state index contributed by atoms with van der Waals surface area (Å²) in [5, 5.41) is 15.7. The van der Waals surface area contributed by atoms with Gasteiger partial charge in [0, 0.05) is 11.9 Å². The van der Waals surface area contributed by atoms with E-state index in [1.54, 1.807) is 28.9 Å². The molecule has 1 aliphatic carbocycles. The van der Waals surface area contributed by atoms with Gasteiger partial charge in [-0.2, -0.15) is 5.10 Å². The van der Waals surface area contributed by atoms with Gasteiger partial charge in [-0.15, -0.1) is 0 Å². The average molecular weight is 299 g/mol. The molecule has 0 atom stereocenters. The van der Waals surface area contributed by atoms with Gasteiger partial charge < -0.3 is 10.4 Å². The first kappa shape index (κ1) is 14.3. The molecule has 22 heavy (non-hydrogen) atoms. The normalized spacial score (nSPS) is 13.8. The smallest absolute Gasteiger partial charge is 0.307 e. The Morgan fingerprint density at radius 2 is 2.18 bits per heavy atom. The lowest BCUT2D eigenvalue weighted by atomic mass is 10.1. The topological polar surface area (TPSA) is 84.2 Å². The van der Waals surface area contributed by atoms with E-state index in [0.717, 1.165) is 0 Å². The molecule has 1 heterocycles. The van der Waals surface area contributed by atoms with E-state index < -0.39 is 5.97 Å². The monoisotopic (exact) mass is 299 g/mol. The van der Waals surface area contributed by atoms with Crippen LogP contribution in [0, 0.1) is 0 Å². The summed E-state index contributed by atoms with van der Waals surface area (Å²) < 4.78 is 1.63. The Balaban J connectivity index is 1.59. The molecular weight excluding hydrogens is 282 g/mol. The maximum Gasteiger partial charge on any atom is 0.307 e. The zero-order valence-corrected chi connectivity index (χ0v) is 12.0. The van der Waals surface area contributed by atoms with Gasteiger partial charge in [-0.05, 0) is 42.0 Å². The molecule has 0 saturated heterocycles. The van der Waals surface area contributed by atoms with Crippen LogP contribution in [0.15, 0.2) is 36.7 Å². The zero-order chi connectivity index (χ0) is 15.5. The van der Waals surface area contributed by atoms with Crippen molar-refractivity contribution in [2.75, 3.05) is 5.32 Å². The molecule has 1 aromatic carbocycles. The van der Waals surface area contributed by atoms with Gasteiger partial charge in [0.1, 0.15) is 6.54 Å². The van der Waals surface area contributed by atoms with Crippen molar-refractivity contribution >= 4 is 17.6 Å². The molecule has 1 amide bonds. The van der Waals surface area contributed by atoms with Crippen molar-refractivity contribution < 1.29 is 14.7 Å². The number of amides is 1. The summed E-state index contributed by atoms with van der Waals surface area (Å²) in [7, 11) is 0. The van der Waals surface area contributed by atoms with E-state index in [-0.39, 0.29) is 18.9 Å². The number of aromatic nitrogens is 2. The van der Waals surface area contributed by atoms with Gasteiger partial charge in [-0.1, -0.05) is 12.1 Å². The summed E-state index contributed by atoms with van der Waals surface area (Å²) in [4.78, 5) is 22.7. The van der Waals surface area contributed by atoms with Gasteiger partial charge in [0.25, 0.3) is 0 Å². The number of benzene rings is 1. The fraction of sp³-hybridized carbons (Fsp3) is 0.312. The van der Waals surface area contributed by atoms with Gasteiger partial charge in [0.2, 0.25) is 5.91 Å². The minimum Gasteiger partial charge on any atom is -0.481 e. The molecule has 0 bridgehead atoms. The van der Waals surface area contributed by atoms with Crippen LogP contribution in [0.5, 0.6) is 0 Å². The molecular formula is C16H17N3O3. The minimum atomic E-state index is -0.896. The predicted molar refractivity (Wildman–Crippen MR) is 80.6 cm³/mol. The zero-order valence-electron chi connectivity index (χ0n) is 12.0. The standard InChI is InChI=1S/C16H17N3O3/c20-15(10-19-9-13(8-17-19)12-4-5-12)18-14-3-1-2-11(6-14)7-16(21)22/h1-3,6,8-9,12H,4-5,7,10H2,(H,18,20)(H,21,22). The summed E-state index contributed by atoms with van der Waals surface area (Å²) in [5.74, 6) is -0.463. The first-order chi connectivity index (χ1) is 10.6. The van der Waals surface area contributed by atoms with Crippen LogP contribution in [0.3, 0.4) is 0 Å². The van der Waals surface area contributed by atoms with Crippen LogP contribution in [0.4, 0.5) is 5.69 Å². The number of rotatable bonds is 6. The SMILES string of the molecule is O=C(O)Cc1cccc(NC(=O)Cn2cc(C3CC3)cn2)c1. The first-order valence-electron chi connectivity index (χ1n) is 7.23. The number of carbonyl (C=O) groups is 2. The summed E-state index contributed by atoms with van der Waals surface area (Å²) in [6.45, 7) is 0.149. The number of nitrogens with one attached hydrogen (secondary N) is 1. The van der Waals surface area contributed by atoms with E-state index >= 15 is 0 Å². The molecule has 1 aliphatic rings. The number of nitrogens with zero attached hydrogens (tertiary/aromatic N) is 2. The quantitative estimate of drug-likeness (QED) is 0.854. The van der Waals surface area contributed by atoms with E-state index in [1.165, 1.54) is 18.4 Å². The van der Waals surface area contributed by atoms with E-state index in [4.69, 9.17) is 5.11 Å². The van der Waals surface area contributed by atoms with Crippen LogP contribution in [0.25, 0.3) is 0 Å². The fourth-order valence-electron chi connectivity index (χ4n) is 2.37. The van der Waals surface area contributed by atoms with Crippen LogP contribution in [-0.2, 0) is 22.6 Å². The maximum atomic E-state index is 12.0. The maximum absolute atomic E-state index is 12.0. The van der Waals surface area contributed by atoms with Gasteiger partial charge in [-0.3, -0.25) is 14.3 Å². The number of carboxylic acid groups (broad SMARTS) is 1. The van der Waals surface area contributed by atoms with E-state index in [0.29, 0.717) is 17.2 Å². The van der Waals surface area contributed by atoms with Crippen LogP contribution >= 0.6 is 0 Å².